The highest BCUT2D eigenvalue weighted by atomic mass is 79.9. The molecule has 3 aromatic rings. The van der Waals surface area contributed by atoms with Gasteiger partial charge in [-0.05, 0) is 41.9 Å². The number of rotatable bonds is 4. The number of nitrogen functional groups attached to an aromatic ring is 1. The highest BCUT2D eigenvalue weighted by Crippen LogP contribution is 2.30. The van der Waals surface area contributed by atoms with Crippen molar-refractivity contribution < 1.29 is 0 Å². The molecule has 7 nitrogen and oxygen atoms in total. The molecule has 0 unspecified atom stereocenters. The Labute approximate surface area is 145 Å². The lowest BCUT2D eigenvalue weighted by Gasteiger charge is -2.10. The standard InChI is InChI=1S/C14H14BrN7S/c1-7-8(2)23-14(20-7)22-13-11(16)12(18-6-19-13)21-10-4-3-9(15)5-17-10/h3-6H,16H2,1-2H3,(H2,17,18,19,20,21,22). The van der Waals surface area contributed by atoms with Crippen molar-refractivity contribution in [1.29, 1.82) is 0 Å². The Morgan fingerprint density at radius 3 is 2.43 bits per heavy atom. The van der Waals surface area contributed by atoms with Crippen molar-refractivity contribution in [3.63, 3.8) is 0 Å². The fourth-order valence-corrected chi connectivity index (χ4v) is 2.84. The zero-order chi connectivity index (χ0) is 16.4. The Hall–Kier alpha value is -2.26. The van der Waals surface area contributed by atoms with Crippen LogP contribution in [0.3, 0.4) is 0 Å². The summed E-state index contributed by atoms with van der Waals surface area (Å²) >= 11 is 4.90. The van der Waals surface area contributed by atoms with Crippen LogP contribution in [0.4, 0.5) is 28.3 Å². The summed E-state index contributed by atoms with van der Waals surface area (Å²) in [6.45, 7) is 3.99. The van der Waals surface area contributed by atoms with Crippen LogP contribution in [-0.4, -0.2) is 19.9 Å². The number of nitrogens with zero attached hydrogens (tertiary/aromatic N) is 4. The third-order valence-electron chi connectivity index (χ3n) is 3.11. The Balaban J connectivity index is 1.84. The van der Waals surface area contributed by atoms with Gasteiger partial charge in [-0.3, -0.25) is 0 Å². The van der Waals surface area contributed by atoms with Gasteiger partial charge in [0.05, 0.1) is 5.69 Å². The fourth-order valence-electron chi connectivity index (χ4n) is 1.79. The Bertz CT molecular complexity index is 812. The molecular weight excluding hydrogens is 378 g/mol. The first-order valence-corrected chi connectivity index (χ1v) is 8.34. The molecular formula is C14H14BrN7S. The summed E-state index contributed by atoms with van der Waals surface area (Å²) in [4.78, 5) is 18.2. The summed E-state index contributed by atoms with van der Waals surface area (Å²) in [5.74, 6) is 1.64. The molecule has 0 saturated carbocycles. The molecule has 0 amide bonds. The van der Waals surface area contributed by atoms with E-state index in [-0.39, 0.29) is 0 Å². The van der Waals surface area contributed by atoms with Gasteiger partial charge in [0.25, 0.3) is 0 Å². The molecule has 0 fully saturated rings. The number of aryl methyl sites for hydroxylation is 2. The number of thiazole rings is 1. The molecule has 23 heavy (non-hydrogen) atoms. The number of hydrogen-bond acceptors (Lipinski definition) is 8. The van der Waals surface area contributed by atoms with E-state index in [1.165, 1.54) is 6.33 Å². The smallest absolute Gasteiger partial charge is 0.188 e. The predicted octanol–water partition coefficient (Wildman–Crippen LogP) is 3.78. The van der Waals surface area contributed by atoms with E-state index in [4.69, 9.17) is 5.73 Å². The number of halogens is 1. The van der Waals surface area contributed by atoms with Crippen molar-refractivity contribution in [2.75, 3.05) is 16.4 Å². The second-order valence-electron chi connectivity index (χ2n) is 4.76. The molecule has 9 heteroatoms. The maximum atomic E-state index is 6.14. The number of anilines is 5. The van der Waals surface area contributed by atoms with Gasteiger partial charge >= 0.3 is 0 Å². The SMILES string of the molecule is Cc1nc(Nc2ncnc(Nc3ccc(Br)cn3)c2N)sc1C. The molecule has 0 spiro atoms. The molecule has 3 aromatic heterocycles. The van der Waals surface area contributed by atoms with Crippen LogP contribution >= 0.6 is 27.3 Å². The third kappa shape index (κ3) is 3.57. The number of hydrogen-bond donors (Lipinski definition) is 3. The highest BCUT2D eigenvalue weighted by molar-refractivity contribution is 9.10. The highest BCUT2D eigenvalue weighted by Gasteiger charge is 2.11. The summed E-state index contributed by atoms with van der Waals surface area (Å²) in [6, 6.07) is 3.71. The van der Waals surface area contributed by atoms with E-state index >= 15 is 0 Å². The van der Waals surface area contributed by atoms with Crippen LogP contribution in [-0.2, 0) is 0 Å². The average Bonchev–Trinajstić information content (AvgIpc) is 2.84. The van der Waals surface area contributed by atoms with E-state index < -0.39 is 0 Å². The van der Waals surface area contributed by atoms with Gasteiger partial charge in [0, 0.05) is 15.5 Å². The van der Waals surface area contributed by atoms with Gasteiger partial charge in [0.15, 0.2) is 16.8 Å². The Morgan fingerprint density at radius 2 is 1.83 bits per heavy atom. The number of aromatic nitrogens is 4. The minimum absolute atomic E-state index is 0.405. The van der Waals surface area contributed by atoms with Gasteiger partial charge < -0.3 is 16.4 Å². The minimum atomic E-state index is 0.405. The number of nitrogens with two attached hydrogens (primary N) is 1. The Morgan fingerprint density at radius 1 is 1.09 bits per heavy atom. The van der Waals surface area contributed by atoms with Gasteiger partial charge in [-0.15, -0.1) is 11.3 Å². The molecule has 0 saturated heterocycles. The third-order valence-corrected chi connectivity index (χ3v) is 4.57. The lowest BCUT2D eigenvalue weighted by Crippen LogP contribution is -2.05. The van der Waals surface area contributed by atoms with Crippen molar-refractivity contribution in [2.24, 2.45) is 0 Å². The van der Waals surface area contributed by atoms with Crippen LogP contribution in [0, 0.1) is 13.8 Å². The molecule has 0 aliphatic heterocycles. The van der Waals surface area contributed by atoms with Gasteiger partial charge in [-0.1, -0.05) is 0 Å². The lowest BCUT2D eigenvalue weighted by molar-refractivity contribution is 1.15. The molecule has 0 aliphatic carbocycles. The molecule has 3 heterocycles. The number of pyridine rings is 1. The molecule has 118 valence electrons. The van der Waals surface area contributed by atoms with Crippen molar-refractivity contribution in [2.45, 2.75) is 13.8 Å². The van der Waals surface area contributed by atoms with Gasteiger partial charge in [-0.2, -0.15) is 0 Å². The van der Waals surface area contributed by atoms with E-state index in [9.17, 15) is 0 Å². The van der Waals surface area contributed by atoms with Crippen LogP contribution in [0.1, 0.15) is 10.6 Å². The molecule has 0 atom stereocenters. The van der Waals surface area contributed by atoms with Crippen LogP contribution in [0.2, 0.25) is 0 Å². The Kier molecular flexibility index (Phi) is 4.39. The van der Waals surface area contributed by atoms with E-state index in [0.29, 0.717) is 23.1 Å². The zero-order valence-corrected chi connectivity index (χ0v) is 14.9. The van der Waals surface area contributed by atoms with Gasteiger partial charge in [0.1, 0.15) is 17.8 Å². The summed E-state index contributed by atoms with van der Waals surface area (Å²) in [5, 5.41) is 6.96. The van der Waals surface area contributed by atoms with Crippen LogP contribution in [0.25, 0.3) is 0 Å². The zero-order valence-electron chi connectivity index (χ0n) is 12.5. The minimum Gasteiger partial charge on any atom is -0.393 e. The summed E-state index contributed by atoms with van der Waals surface area (Å²) in [7, 11) is 0. The fraction of sp³-hybridized carbons (Fsp3) is 0.143. The van der Waals surface area contributed by atoms with Gasteiger partial charge in [-0.25, -0.2) is 19.9 Å². The maximum Gasteiger partial charge on any atom is 0.188 e. The molecule has 0 aromatic carbocycles. The monoisotopic (exact) mass is 391 g/mol. The van der Waals surface area contributed by atoms with E-state index in [1.54, 1.807) is 17.5 Å². The first-order valence-electron chi connectivity index (χ1n) is 6.73. The summed E-state index contributed by atoms with van der Waals surface area (Å²) in [6.07, 6.45) is 3.13. The van der Waals surface area contributed by atoms with Crippen LogP contribution in [0.15, 0.2) is 29.1 Å². The number of nitrogens with one attached hydrogen (secondary N) is 2. The van der Waals surface area contributed by atoms with E-state index in [1.807, 2.05) is 26.0 Å². The second-order valence-corrected chi connectivity index (χ2v) is 6.88. The first-order chi connectivity index (χ1) is 11.0. The molecule has 0 bridgehead atoms. The van der Waals surface area contributed by atoms with Crippen molar-refractivity contribution in [3.8, 4) is 0 Å². The van der Waals surface area contributed by atoms with E-state index in [2.05, 4.69) is 46.5 Å². The normalized spacial score (nSPS) is 10.6. The predicted molar refractivity (Wildman–Crippen MR) is 96.5 cm³/mol. The van der Waals surface area contributed by atoms with Crippen molar-refractivity contribution in [1.82, 2.24) is 19.9 Å². The average molecular weight is 392 g/mol. The molecule has 4 N–H and O–H groups in total. The lowest BCUT2D eigenvalue weighted by atomic mass is 10.4. The topological polar surface area (TPSA) is 102 Å². The summed E-state index contributed by atoms with van der Waals surface area (Å²) in [5.41, 5.74) is 7.54. The molecule has 3 rings (SSSR count). The molecule has 0 aliphatic rings. The van der Waals surface area contributed by atoms with Crippen molar-refractivity contribution in [3.05, 3.63) is 39.7 Å². The quantitative estimate of drug-likeness (QED) is 0.621. The largest absolute Gasteiger partial charge is 0.393 e. The van der Waals surface area contributed by atoms with Crippen LogP contribution in [0.5, 0.6) is 0 Å². The van der Waals surface area contributed by atoms with Crippen LogP contribution < -0.4 is 16.4 Å². The molecule has 0 radical (unpaired) electrons. The first kappa shape index (κ1) is 15.6. The van der Waals surface area contributed by atoms with Crippen molar-refractivity contribution >= 4 is 55.5 Å². The van der Waals surface area contributed by atoms with E-state index in [0.717, 1.165) is 20.2 Å². The summed E-state index contributed by atoms with van der Waals surface area (Å²) < 4.78 is 0.899. The second kappa shape index (κ2) is 6.47. The maximum absolute atomic E-state index is 6.14. The van der Waals surface area contributed by atoms with Gasteiger partial charge in [0.2, 0.25) is 0 Å².